The Morgan fingerprint density at radius 2 is 1.94 bits per heavy atom. The average Bonchev–Trinajstić information content (AvgIpc) is 3.21. The molecule has 0 aliphatic heterocycles. The lowest BCUT2D eigenvalue weighted by Gasteiger charge is -2.08. The number of hydrogen-bond acceptors (Lipinski definition) is 7. The first-order valence-electron chi connectivity index (χ1n) is 9.29. The van der Waals surface area contributed by atoms with Crippen molar-refractivity contribution in [2.45, 2.75) is 6.92 Å². The molecular weight excluding hydrogens is 396 g/mol. The fraction of sp³-hybridized carbons (Fsp3) is 0.0909. The highest BCUT2D eigenvalue weighted by Gasteiger charge is 2.06. The summed E-state index contributed by atoms with van der Waals surface area (Å²) in [7, 11) is 1.66. The summed E-state index contributed by atoms with van der Waals surface area (Å²) in [6, 6.07) is 13.7. The van der Waals surface area contributed by atoms with Crippen molar-refractivity contribution in [2.75, 3.05) is 18.2 Å². The van der Waals surface area contributed by atoms with Crippen LogP contribution in [0.25, 0.3) is 23.1 Å². The quantitative estimate of drug-likeness (QED) is 0.357. The van der Waals surface area contributed by atoms with Gasteiger partial charge in [-0.25, -0.2) is 4.98 Å². The summed E-state index contributed by atoms with van der Waals surface area (Å²) in [6.07, 6.45) is 7.49. The van der Waals surface area contributed by atoms with Gasteiger partial charge in [-0.3, -0.25) is 9.89 Å². The van der Waals surface area contributed by atoms with Crippen molar-refractivity contribution in [1.29, 1.82) is 0 Å². The van der Waals surface area contributed by atoms with Gasteiger partial charge in [0.25, 0.3) is 5.97 Å². The predicted molar refractivity (Wildman–Crippen MR) is 121 cm³/mol. The second-order valence-corrected chi connectivity index (χ2v) is 6.45. The number of benzene rings is 2. The molecule has 2 aromatic heterocycles. The Balaban J connectivity index is 0.000000628. The smallest absolute Gasteiger partial charge is 0.300 e. The van der Waals surface area contributed by atoms with E-state index in [1.807, 2.05) is 48.6 Å². The summed E-state index contributed by atoms with van der Waals surface area (Å²) in [6.45, 7) is 1.08. The number of nitrogens with one attached hydrogen (secondary N) is 2. The van der Waals surface area contributed by atoms with E-state index in [9.17, 15) is 0 Å². The number of carbonyl (C=O) groups is 1. The topological polar surface area (TPSA) is 139 Å². The summed E-state index contributed by atoms with van der Waals surface area (Å²) in [5, 5.41) is 18.9. The van der Waals surface area contributed by atoms with Crippen LogP contribution >= 0.6 is 0 Å². The predicted octanol–water partition coefficient (Wildman–Crippen LogP) is 3.95. The number of nitrogen functional groups attached to an aromatic ring is 1. The number of fused-ring (bicyclic) bond motifs is 1. The van der Waals surface area contributed by atoms with Crippen LogP contribution in [0.4, 0.5) is 17.5 Å². The SMILES string of the molecule is CC(=O)O.COc1ccc(/C=C/c2cc(Nc3ccnc(N)n3)cc3cn[nH]c23)cc1. The molecule has 0 saturated heterocycles. The molecular formula is C22H22N6O3. The molecule has 0 spiro atoms. The molecule has 158 valence electrons. The fourth-order valence-electron chi connectivity index (χ4n) is 2.78. The lowest BCUT2D eigenvalue weighted by Crippen LogP contribution is -1.99. The number of rotatable bonds is 5. The molecule has 0 bridgehead atoms. The number of aromatic nitrogens is 4. The Labute approximate surface area is 178 Å². The van der Waals surface area contributed by atoms with Crippen LogP contribution in [0.5, 0.6) is 5.75 Å². The lowest BCUT2D eigenvalue weighted by atomic mass is 10.1. The van der Waals surface area contributed by atoms with Crippen LogP contribution in [0.2, 0.25) is 0 Å². The number of carboxylic acid groups (broad SMARTS) is 1. The van der Waals surface area contributed by atoms with Gasteiger partial charge in [0, 0.05) is 29.8 Å². The van der Waals surface area contributed by atoms with E-state index in [-0.39, 0.29) is 5.95 Å². The zero-order chi connectivity index (χ0) is 22.2. The van der Waals surface area contributed by atoms with Crippen molar-refractivity contribution < 1.29 is 14.6 Å². The van der Waals surface area contributed by atoms with Crippen molar-refractivity contribution in [3.8, 4) is 5.75 Å². The van der Waals surface area contributed by atoms with Gasteiger partial charge in [0.2, 0.25) is 5.95 Å². The average molecular weight is 418 g/mol. The second kappa shape index (κ2) is 9.88. The molecule has 0 aliphatic carbocycles. The second-order valence-electron chi connectivity index (χ2n) is 6.45. The number of aliphatic carboxylic acids is 1. The van der Waals surface area contributed by atoms with E-state index in [0.29, 0.717) is 5.82 Å². The van der Waals surface area contributed by atoms with Crippen LogP contribution < -0.4 is 15.8 Å². The minimum Gasteiger partial charge on any atom is -0.497 e. The summed E-state index contributed by atoms with van der Waals surface area (Å²) in [4.78, 5) is 17.1. The van der Waals surface area contributed by atoms with Crippen LogP contribution in [0, 0.1) is 0 Å². The van der Waals surface area contributed by atoms with Crippen LogP contribution in [0.3, 0.4) is 0 Å². The maximum atomic E-state index is 9.00. The van der Waals surface area contributed by atoms with E-state index in [0.717, 1.165) is 40.4 Å². The molecule has 4 rings (SSSR count). The Morgan fingerprint density at radius 1 is 1.19 bits per heavy atom. The Morgan fingerprint density at radius 3 is 2.61 bits per heavy atom. The van der Waals surface area contributed by atoms with Crippen molar-refractivity contribution in [2.24, 2.45) is 0 Å². The first kappa shape index (κ1) is 21.3. The molecule has 2 aromatic carbocycles. The zero-order valence-corrected chi connectivity index (χ0v) is 17.0. The number of hydrogen-bond donors (Lipinski definition) is 4. The summed E-state index contributed by atoms with van der Waals surface area (Å²) in [5.41, 5.74) is 9.58. The van der Waals surface area contributed by atoms with E-state index < -0.39 is 5.97 Å². The molecule has 9 heteroatoms. The van der Waals surface area contributed by atoms with E-state index in [1.165, 1.54) is 0 Å². The molecule has 0 aliphatic rings. The maximum absolute atomic E-state index is 9.00. The summed E-state index contributed by atoms with van der Waals surface area (Å²) < 4.78 is 5.20. The van der Waals surface area contributed by atoms with E-state index in [1.54, 1.807) is 25.6 Å². The Kier molecular flexibility index (Phi) is 6.79. The van der Waals surface area contributed by atoms with Crippen LogP contribution in [0.15, 0.2) is 54.9 Å². The molecule has 0 atom stereocenters. The third-order valence-corrected chi connectivity index (χ3v) is 4.10. The molecule has 0 amide bonds. The van der Waals surface area contributed by atoms with Crippen LogP contribution in [0.1, 0.15) is 18.1 Å². The Hall–Kier alpha value is -4.40. The highest BCUT2D eigenvalue weighted by Crippen LogP contribution is 2.26. The third-order valence-electron chi connectivity index (χ3n) is 4.10. The number of nitrogens with zero attached hydrogens (tertiary/aromatic N) is 3. The van der Waals surface area contributed by atoms with Gasteiger partial charge >= 0.3 is 0 Å². The molecule has 0 saturated carbocycles. The number of carboxylic acids is 1. The molecule has 2 heterocycles. The molecule has 0 unspecified atom stereocenters. The van der Waals surface area contributed by atoms with Crippen LogP contribution in [-0.2, 0) is 4.79 Å². The maximum Gasteiger partial charge on any atom is 0.300 e. The minimum absolute atomic E-state index is 0.226. The molecule has 4 aromatic rings. The van der Waals surface area contributed by atoms with Gasteiger partial charge in [0.15, 0.2) is 0 Å². The van der Waals surface area contributed by atoms with Crippen molar-refractivity contribution >= 4 is 46.5 Å². The van der Waals surface area contributed by atoms with Crippen molar-refractivity contribution in [3.63, 3.8) is 0 Å². The highest BCUT2D eigenvalue weighted by molar-refractivity contribution is 5.93. The normalized spacial score (nSPS) is 10.5. The Bertz CT molecular complexity index is 1200. The van der Waals surface area contributed by atoms with Gasteiger partial charge in [0.1, 0.15) is 11.6 Å². The zero-order valence-electron chi connectivity index (χ0n) is 17.0. The van der Waals surface area contributed by atoms with Crippen molar-refractivity contribution in [3.05, 3.63) is 66.0 Å². The standard InChI is InChI=1S/C20H18N6O.C2H4O2/c1-27-17-6-3-13(4-7-17)2-5-14-10-16(11-15-12-23-26-19(14)15)24-18-8-9-22-20(21)25-18;1-2(3)4/h2-12H,1H3,(H,23,26)(H3,21,22,24,25);1H3,(H,3,4)/b5-2+;. The first-order valence-corrected chi connectivity index (χ1v) is 9.29. The molecule has 0 fully saturated rings. The number of nitrogens with two attached hydrogens (primary N) is 1. The van der Waals surface area contributed by atoms with Gasteiger partial charge in [-0.05, 0) is 35.9 Å². The van der Waals surface area contributed by atoms with Gasteiger partial charge in [-0.15, -0.1) is 0 Å². The van der Waals surface area contributed by atoms with Gasteiger partial charge in [-0.1, -0.05) is 24.3 Å². The molecule has 5 N–H and O–H groups in total. The molecule has 31 heavy (non-hydrogen) atoms. The summed E-state index contributed by atoms with van der Waals surface area (Å²) in [5.74, 6) is 0.859. The van der Waals surface area contributed by atoms with Gasteiger partial charge in [0.05, 0.1) is 18.8 Å². The lowest BCUT2D eigenvalue weighted by molar-refractivity contribution is -0.134. The largest absolute Gasteiger partial charge is 0.497 e. The van der Waals surface area contributed by atoms with Crippen molar-refractivity contribution in [1.82, 2.24) is 20.2 Å². The number of ether oxygens (including phenoxy) is 1. The molecule has 9 nitrogen and oxygen atoms in total. The monoisotopic (exact) mass is 418 g/mol. The fourth-order valence-corrected chi connectivity index (χ4v) is 2.78. The molecule has 0 radical (unpaired) electrons. The van der Waals surface area contributed by atoms with E-state index in [4.69, 9.17) is 20.4 Å². The van der Waals surface area contributed by atoms with Crippen LogP contribution in [-0.4, -0.2) is 38.4 Å². The van der Waals surface area contributed by atoms with Gasteiger partial charge < -0.3 is 20.9 Å². The van der Waals surface area contributed by atoms with Gasteiger partial charge in [-0.2, -0.15) is 10.1 Å². The highest BCUT2D eigenvalue weighted by atomic mass is 16.5. The number of H-pyrrole nitrogens is 1. The summed E-state index contributed by atoms with van der Waals surface area (Å²) >= 11 is 0. The third kappa shape index (κ3) is 6.04. The first-order chi connectivity index (χ1) is 14.9. The van der Waals surface area contributed by atoms with E-state index >= 15 is 0 Å². The van der Waals surface area contributed by atoms with E-state index in [2.05, 4.69) is 25.5 Å². The minimum atomic E-state index is -0.833. The number of aromatic amines is 1. The number of anilines is 3. The number of methoxy groups -OCH3 is 1.